The van der Waals surface area contributed by atoms with Crippen molar-refractivity contribution in [2.75, 3.05) is 41.8 Å². The van der Waals surface area contributed by atoms with E-state index in [9.17, 15) is 57.6 Å². The first-order valence-corrected chi connectivity index (χ1v) is 25.2. The molecule has 4 rings (SSSR count). The second-order valence-corrected chi connectivity index (χ2v) is 22.3. The lowest BCUT2D eigenvalue weighted by Crippen LogP contribution is -2.33. The fourth-order valence-electron chi connectivity index (χ4n) is 7.13. The van der Waals surface area contributed by atoms with Crippen LogP contribution < -0.4 is 14.8 Å². The van der Waals surface area contributed by atoms with Crippen LogP contribution in [0.5, 0.6) is 0 Å². The van der Waals surface area contributed by atoms with E-state index in [0.717, 1.165) is 5.56 Å². The van der Waals surface area contributed by atoms with Crippen molar-refractivity contribution in [1.29, 1.82) is 0 Å². The van der Waals surface area contributed by atoms with Crippen molar-refractivity contribution in [3.63, 3.8) is 0 Å². The molecule has 59 heavy (non-hydrogen) atoms. The summed E-state index contributed by atoms with van der Waals surface area (Å²) in [6.45, 7) is 8.17. The zero-order valence-corrected chi connectivity index (χ0v) is 36.7. The Morgan fingerprint density at radius 1 is 0.847 bits per heavy atom. The van der Waals surface area contributed by atoms with Gasteiger partial charge >= 0.3 is 5.97 Å². The minimum Gasteiger partial charge on any atom is -0.481 e. The molecule has 1 aromatic rings. The second-order valence-electron chi connectivity index (χ2n) is 15.9. The number of nitrogens with zero attached hydrogens (tertiary/aromatic N) is 2. The molecule has 2 atom stereocenters. The van der Waals surface area contributed by atoms with Crippen molar-refractivity contribution in [2.45, 2.75) is 81.9 Å². The lowest BCUT2D eigenvalue weighted by Gasteiger charge is -2.30. The topological polar surface area (TPSA) is 257 Å². The van der Waals surface area contributed by atoms with Gasteiger partial charge in [-0.1, -0.05) is 32.9 Å². The fraction of sp³-hybridized carbons (Fsp3) is 0.462. The van der Waals surface area contributed by atoms with Crippen LogP contribution >= 0.6 is 0 Å². The number of fused-ring (bicyclic) bond motifs is 2. The van der Waals surface area contributed by atoms with E-state index in [2.05, 4.69) is 5.87 Å². The van der Waals surface area contributed by atoms with Gasteiger partial charge in [0.15, 0.2) is 0 Å². The standard InChI is InChI=1S/C39H52N2O14S4/c1-38(2,3)36-25-28(31-16-14-29(26-34(31)55-36)40(19-8-22-57(46,47)48)20-9-23-58(49,50)51)11-6-12-35-39(4,18-7-13-37(42)43)32-27-30(56(5,44)45)15-17-33(32)41(35)21-10-24-59(52,53)54/h6,11-12,14-17,25-27H,5,7-10,13,18-24H2,1-4H3,(H4-,42,43,44,45,46,47,48,49,50,51,52,53,54)/p+1. The first kappa shape index (κ1) is 47.8. The minimum atomic E-state index is -4.29. The molecule has 2 unspecified atom stereocenters. The van der Waals surface area contributed by atoms with Gasteiger partial charge in [-0.2, -0.15) is 25.3 Å². The Labute approximate surface area is 346 Å². The van der Waals surface area contributed by atoms with Crippen molar-refractivity contribution < 1.29 is 62.0 Å². The van der Waals surface area contributed by atoms with E-state index in [1.165, 1.54) is 6.07 Å². The Kier molecular flexibility index (Phi) is 14.9. The third kappa shape index (κ3) is 13.6. The van der Waals surface area contributed by atoms with Crippen LogP contribution in [0.1, 0.15) is 83.1 Å². The smallest absolute Gasteiger partial charge is 0.303 e. The number of anilines is 1. The molecule has 0 radical (unpaired) electrons. The summed E-state index contributed by atoms with van der Waals surface area (Å²) in [5, 5.41) is 10.0. The summed E-state index contributed by atoms with van der Waals surface area (Å²) in [4.78, 5) is 13.5. The lowest BCUT2D eigenvalue weighted by atomic mass is 9.77. The summed E-state index contributed by atoms with van der Waals surface area (Å²) in [5.74, 6) is 1.91. The van der Waals surface area contributed by atoms with Crippen molar-refractivity contribution in [3.05, 3.63) is 82.6 Å². The molecule has 20 heteroatoms. The third-order valence-corrected chi connectivity index (χ3v) is 13.4. The van der Waals surface area contributed by atoms with E-state index in [1.54, 1.807) is 41.0 Å². The number of rotatable bonds is 19. The molecule has 2 aliphatic heterocycles. The van der Waals surface area contributed by atoms with Crippen molar-refractivity contribution in [3.8, 4) is 11.3 Å². The summed E-state index contributed by atoms with van der Waals surface area (Å²) < 4.78 is 128. The van der Waals surface area contributed by atoms with E-state index < -0.39 is 74.2 Å². The second kappa shape index (κ2) is 18.4. The molecule has 1 aliphatic carbocycles. The highest BCUT2D eigenvalue weighted by atomic mass is 32.2. The maximum Gasteiger partial charge on any atom is 0.303 e. The van der Waals surface area contributed by atoms with Crippen LogP contribution in [0.25, 0.3) is 17.4 Å². The molecular formula is C39H53N2O14S4+. The molecule has 0 spiro atoms. The van der Waals surface area contributed by atoms with Crippen molar-refractivity contribution in [1.82, 2.24) is 4.58 Å². The van der Waals surface area contributed by atoms with Gasteiger partial charge in [0.05, 0.1) is 28.2 Å². The highest BCUT2D eigenvalue weighted by Gasteiger charge is 2.43. The Morgan fingerprint density at radius 3 is 1.98 bits per heavy atom. The summed E-state index contributed by atoms with van der Waals surface area (Å²) in [6.07, 6.45) is 5.97. The SMILES string of the molecule is C=S(=O)(O)c1ccc2c(c1)C(C)(CCCC(=O)O)/C(=C/C=C/c1cc(C(C)(C)C)oc3cc(=[N+](CCCS(=O)(=O)O)CCCS(=O)(=O)O)ccc1-3)N2CCCS(=O)(=O)O. The predicted molar refractivity (Wildman–Crippen MR) is 228 cm³/mol. The maximum atomic E-state index is 12.7. The number of carboxylic acids is 1. The molecule has 3 aliphatic rings. The fourth-order valence-corrected chi connectivity index (χ4v) is 9.19. The molecule has 16 nitrogen and oxygen atoms in total. The van der Waals surface area contributed by atoms with Crippen LogP contribution in [-0.4, -0.2) is 102 Å². The molecule has 0 amide bonds. The lowest BCUT2D eigenvalue weighted by molar-refractivity contribution is -0.137. The summed E-state index contributed by atoms with van der Waals surface area (Å²) in [5.41, 5.74) is 1.91. The van der Waals surface area contributed by atoms with Gasteiger partial charge in [-0.25, -0.2) is 8.78 Å². The van der Waals surface area contributed by atoms with E-state index in [-0.39, 0.29) is 56.6 Å². The van der Waals surface area contributed by atoms with Gasteiger partial charge in [0, 0.05) is 59.7 Å². The van der Waals surface area contributed by atoms with Gasteiger partial charge in [0.25, 0.3) is 30.4 Å². The highest BCUT2D eigenvalue weighted by Crippen LogP contribution is 2.51. The third-order valence-electron chi connectivity index (χ3n) is 10.0. The normalized spacial score (nSPS) is 18.1. The molecule has 0 saturated heterocycles. The van der Waals surface area contributed by atoms with Crippen LogP contribution in [0, 0.1) is 0 Å². The molecule has 5 N–H and O–H groups in total. The van der Waals surface area contributed by atoms with Gasteiger partial charge in [-0.3, -0.25) is 18.5 Å². The van der Waals surface area contributed by atoms with Gasteiger partial charge in [0.2, 0.25) is 5.36 Å². The molecule has 2 heterocycles. The summed E-state index contributed by atoms with van der Waals surface area (Å²) in [7, 11) is -16.4. The monoisotopic (exact) mass is 901 g/mol. The Hall–Kier alpha value is -3.89. The quantitative estimate of drug-likeness (QED) is 0.0617. The number of benzene rings is 2. The zero-order chi connectivity index (χ0) is 44.2. The van der Waals surface area contributed by atoms with Crippen LogP contribution in [0.3, 0.4) is 0 Å². The molecule has 0 fully saturated rings. The van der Waals surface area contributed by atoms with Gasteiger partial charge in [-0.05, 0) is 79.6 Å². The molecule has 0 bridgehead atoms. The van der Waals surface area contributed by atoms with E-state index in [4.69, 9.17) is 4.42 Å². The largest absolute Gasteiger partial charge is 0.481 e. The molecule has 0 saturated carbocycles. The van der Waals surface area contributed by atoms with Crippen LogP contribution in [0.2, 0.25) is 0 Å². The average Bonchev–Trinajstić information content (AvgIpc) is 3.30. The van der Waals surface area contributed by atoms with Crippen molar-refractivity contribution >= 4 is 63.8 Å². The number of aliphatic carboxylic acids is 1. The Balaban J connectivity index is 1.90. The molecule has 0 aromatic heterocycles. The number of allylic oxidation sites excluding steroid dienone is 3. The number of hydrogen-bond donors (Lipinski definition) is 5. The minimum absolute atomic E-state index is 0.0309. The molecule has 326 valence electrons. The number of carboxylic acid groups (broad SMARTS) is 1. The van der Waals surface area contributed by atoms with E-state index in [1.807, 2.05) is 50.8 Å². The maximum absolute atomic E-state index is 12.7. The predicted octanol–water partition coefficient (Wildman–Crippen LogP) is 4.77. The molecule has 1 aromatic carbocycles. The Morgan fingerprint density at radius 2 is 1.44 bits per heavy atom. The average molecular weight is 902 g/mol. The van der Waals surface area contributed by atoms with E-state index >= 15 is 0 Å². The van der Waals surface area contributed by atoms with Crippen LogP contribution in [-0.2, 0) is 55.8 Å². The Bertz CT molecular complexity index is 2570. The van der Waals surface area contributed by atoms with Gasteiger partial charge < -0.3 is 19.0 Å². The van der Waals surface area contributed by atoms with Crippen LogP contribution in [0.4, 0.5) is 5.69 Å². The van der Waals surface area contributed by atoms with E-state index in [0.29, 0.717) is 45.8 Å². The first-order valence-electron chi connectivity index (χ1n) is 18.7. The van der Waals surface area contributed by atoms with Crippen LogP contribution in [0.15, 0.2) is 69.6 Å². The number of carbonyl (C=O) groups is 1. The summed E-state index contributed by atoms with van der Waals surface area (Å²) in [6, 6.07) is 11.9. The highest BCUT2D eigenvalue weighted by molar-refractivity contribution is 7.95. The first-order chi connectivity index (χ1) is 27.1. The summed E-state index contributed by atoms with van der Waals surface area (Å²) >= 11 is 0. The van der Waals surface area contributed by atoms with Gasteiger partial charge in [-0.15, -0.1) is 0 Å². The van der Waals surface area contributed by atoms with Crippen molar-refractivity contribution in [2.24, 2.45) is 0 Å². The molecular weight excluding hydrogens is 849 g/mol. The van der Waals surface area contributed by atoms with Gasteiger partial charge in [0.1, 0.15) is 34.4 Å². The number of hydrogen-bond acceptors (Lipinski definition) is 10. The zero-order valence-electron chi connectivity index (χ0n) is 33.4.